The number of aromatic nitrogens is 1. The highest BCUT2D eigenvalue weighted by Crippen LogP contribution is 2.17. The lowest BCUT2D eigenvalue weighted by Crippen LogP contribution is -2.34. The van der Waals surface area contributed by atoms with Gasteiger partial charge in [-0.1, -0.05) is 36.8 Å². The number of nitrogens with one attached hydrogen (secondary N) is 1. The molecule has 7 nitrogen and oxygen atoms in total. The maximum Gasteiger partial charge on any atom is 0.285 e. The fourth-order valence-corrected chi connectivity index (χ4v) is 2.36. The third-order valence-corrected chi connectivity index (χ3v) is 3.72. The number of aryl methyl sites for hydroxylation is 1. The van der Waals surface area contributed by atoms with E-state index in [1.54, 1.807) is 0 Å². The lowest BCUT2D eigenvalue weighted by Gasteiger charge is -2.18. The molecule has 1 aromatic carbocycles. The molecule has 0 spiro atoms. The summed E-state index contributed by atoms with van der Waals surface area (Å²) in [5.41, 5.74) is 1.41. The Kier molecular flexibility index (Phi) is 5.47. The van der Waals surface area contributed by atoms with Crippen LogP contribution in [0.1, 0.15) is 30.5 Å². The van der Waals surface area contributed by atoms with Crippen molar-refractivity contribution in [3.05, 3.63) is 74.2 Å². The Labute approximate surface area is 139 Å². The van der Waals surface area contributed by atoms with Gasteiger partial charge in [-0.25, -0.2) is 0 Å². The van der Waals surface area contributed by atoms with Gasteiger partial charge in [0.15, 0.2) is 0 Å². The highest BCUT2D eigenvalue weighted by molar-refractivity contribution is 5.76. The Morgan fingerprint density at radius 2 is 1.92 bits per heavy atom. The van der Waals surface area contributed by atoms with Crippen LogP contribution in [0.4, 0.5) is 5.69 Å². The SMILES string of the molecule is CCC(NC(=O)Cn1cc([N+](=O)[O-])ccc1=O)c1ccc(C)cc1. The minimum absolute atomic E-state index is 0.174. The lowest BCUT2D eigenvalue weighted by molar-refractivity contribution is -0.385. The molecule has 0 aliphatic carbocycles. The zero-order valence-corrected chi connectivity index (χ0v) is 13.6. The quantitative estimate of drug-likeness (QED) is 0.650. The van der Waals surface area contributed by atoms with Crippen LogP contribution in [-0.2, 0) is 11.3 Å². The van der Waals surface area contributed by atoms with E-state index in [0.717, 1.165) is 34.0 Å². The number of hydrogen-bond acceptors (Lipinski definition) is 4. The molecule has 1 atom stereocenters. The summed E-state index contributed by atoms with van der Waals surface area (Å²) in [5.74, 6) is -0.370. The third kappa shape index (κ3) is 4.28. The van der Waals surface area contributed by atoms with Crippen LogP contribution in [0.5, 0.6) is 0 Å². The molecule has 0 fully saturated rings. The maximum atomic E-state index is 12.2. The van der Waals surface area contributed by atoms with Crippen molar-refractivity contribution in [3.63, 3.8) is 0 Å². The smallest absolute Gasteiger partial charge is 0.285 e. The Morgan fingerprint density at radius 3 is 2.50 bits per heavy atom. The molecular formula is C17H19N3O4. The molecule has 7 heteroatoms. The van der Waals surface area contributed by atoms with Gasteiger partial charge >= 0.3 is 0 Å². The molecule has 0 radical (unpaired) electrons. The van der Waals surface area contributed by atoms with E-state index >= 15 is 0 Å². The second-order valence-corrected chi connectivity index (χ2v) is 5.55. The van der Waals surface area contributed by atoms with Gasteiger partial charge in [0, 0.05) is 12.1 Å². The van der Waals surface area contributed by atoms with Crippen molar-refractivity contribution in [2.75, 3.05) is 0 Å². The summed E-state index contributed by atoms with van der Waals surface area (Å²) in [7, 11) is 0. The fraction of sp³-hybridized carbons (Fsp3) is 0.294. The van der Waals surface area contributed by atoms with Crippen molar-refractivity contribution in [1.29, 1.82) is 0 Å². The van der Waals surface area contributed by atoms with Gasteiger partial charge in [0.05, 0.1) is 17.2 Å². The van der Waals surface area contributed by atoms with Crippen molar-refractivity contribution in [3.8, 4) is 0 Å². The van der Waals surface area contributed by atoms with Crippen LogP contribution in [0, 0.1) is 17.0 Å². The first-order valence-electron chi connectivity index (χ1n) is 7.61. The number of benzene rings is 1. The molecule has 0 bridgehead atoms. The van der Waals surface area contributed by atoms with Gasteiger partial charge in [-0.3, -0.25) is 24.3 Å². The largest absolute Gasteiger partial charge is 0.348 e. The molecule has 0 saturated carbocycles. The molecular weight excluding hydrogens is 310 g/mol. The van der Waals surface area contributed by atoms with Crippen LogP contribution in [0.25, 0.3) is 0 Å². The van der Waals surface area contributed by atoms with Gasteiger partial charge in [-0.15, -0.1) is 0 Å². The second kappa shape index (κ2) is 7.54. The van der Waals surface area contributed by atoms with Crippen LogP contribution >= 0.6 is 0 Å². The molecule has 24 heavy (non-hydrogen) atoms. The van der Waals surface area contributed by atoms with Crippen molar-refractivity contribution in [1.82, 2.24) is 9.88 Å². The summed E-state index contributed by atoms with van der Waals surface area (Å²) in [5, 5.41) is 13.6. The van der Waals surface area contributed by atoms with Gasteiger partial charge in [0.2, 0.25) is 5.91 Å². The highest BCUT2D eigenvalue weighted by Gasteiger charge is 2.15. The summed E-state index contributed by atoms with van der Waals surface area (Å²) in [6, 6.07) is 9.87. The Morgan fingerprint density at radius 1 is 1.25 bits per heavy atom. The monoisotopic (exact) mass is 329 g/mol. The van der Waals surface area contributed by atoms with Gasteiger partial charge in [0.25, 0.3) is 11.2 Å². The molecule has 0 saturated heterocycles. The first kappa shape index (κ1) is 17.4. The second-order valence-electron chi connectivity index (χ2n) is 5.55. The molecule has 0 aliphatic heterocycles. The van der Waals surface area contributed by atoms with Gasteiger partial charge < -0.3 is 5.32 Å². The summed E-state index contributed by atoms with van der Waals surface area (Å²) in [4.78, 5) is 34.1. The molecule has 1 aromatic heterocycles. The first-order chi connectivity index (χ1) is 11.4. The molecule has 2 rings (SSSR count). The van der Waals surface area contributed by atoms with Crippen LogP contribution < -0.4 is 10.9 Å². The predicted octanol–water partition coefficient (Wildman–Crippen LogP) is 2.33. The summed E-state index contributed by atoms with van der Waals surface area (Å²) < 4.78 is 1.04. The zero-order valence-electron chi connectivity index (χ0n) is 13.6. The van der Waals surface area contributed by atoms with E-state index < -0.39 is 10.5 Å². The van der Waals surface area contributed by atoms with E-state index in [-0.39, 0.29) is 24.2 Å². The van der Waals surface area contributed by atoms with Crippen LogP contribution in [0.2, 0.25) is 0 Å². The molecule has 1 unspecified atom stereocenters. The molecule has 1 amide bonds. The molecule has 2 aromatic rings. The zero-order chi connectivity index (χ0) is 17.7. The van der Waals surface area contributed by atoms with E-state index in [2.05, 4.69) is 5.32 Å². The molecule has 0 aliphatic rings. The van der Waals surface area contributed by atoms with E-state index in [4.69, 9.17) is 0 Å². The van der Waals surface area contributed by atoms with Crippen LogP contribution in [0.3, 0.4) is 0 Å². The van der Waals surface area contributed by atoms with Gasteiger partial charge in [0.1, 0.15) is 6.54 Å². The van der Waals surface area contributed by atoms with E-state index in [9.17, 15) is 19.7 Å². The van der Waals surface area contributed by atoms with Gasteiger partial charge in [-0.05, 0) is 18.9 Å². The van der Waals surface area contributed by atoms with Crippen molar-refractivity contribution in [2.24, 2.45) is 0 Å². The maximum absolute atomic E-state index is 12.2. The van der Waals surface area contributed by atoms with Crippen molar-refractivity contribution in [2.45, 2.75) is 32.9 Å². The number of nitro groups is 1. The highest BCUT2D eigenvalue weighted by atomic mass is 16.6. The standard InChI is InChI=1S/C17H19N3O4/c1-3-15(13-6-4-12(2)5-7-13)18-16(21)11-19-10-14(20(23)24)8-9-17(19)22/h4-10,15H,3,11H2,1-2H3,(H,18,21). The minimum Gasteiger partial charge on any atom is -0.348 e. The Hall–Kier alpha value is -2.96. The van der Waals surface area contributed by atoms with E-state index in [0.29, 0.717) is 6.42 Å². The number of carbonyl (C=O) groups is 1. The third-order valence-electron chi connectivity index (χ3n) is 3.72. The van der Waals surface area contributed by atoms with Gasteiger partial charge in [-0.2, -0.15) is 0 Å². The van der Waals surface area contributed by atoms with Crippen molar-refractivity contribution >= 4 is 11.6 Å². The first-order valence-corrected chi connectivity index (χ1v) is 7.61. The summed E-state index contributed by atoms with van der Waals surface area (Å²) in [6.07, 6.45) is 1.77. The van der Waals surface area contributed by atoms with Crippen LogP contribution in [-0.4, -0.2) is 15.4 Å². The number of nitrogens with zero attached hydrogens (tertiary/aromatic N) is 2. The normalized spacial score (nSPS) is 11.8. The number of pyridine rings is 1. The van der Waals surface area contributed by atoms with E-state index in [1.807, 2.05) is 38.1 Å². The predicted molar refractivity (Wildman–Crippen MR) is 89.7 cm³/mol. The summed E-state index contributed by atoms with van der Waals surface area (Å²) in [6.45, 7) is 3.67. The number of rotatable bonds is 6. The van der Waals surface area contributed by atoms with E-state index in [1.165, 1.54) is 0 Å². The topological polar surface area (TPSA) is 94.2 Å². The molecule has 1 N–H and O–H groups in total. The van der Waals surface area contributed by atoms with Crippen LogP contribution in [0.15, 0.2) is 47.4 Å². The number of amides is 1. The summed E-state index contributed by atoms with van der Waals surface area (Å²) >= 11 is 0. The fourth-order valence-electron chi connectivity index (χ4n) is 2.36. The minimum atomic E-state index is -0.602. The number of hydrogen-bond donors (Lipinski definition) is 1. The average Bonchev–Trinajstić information content (AvgIpc) is 2.55. The van der Waals surface area contributed by atoms with Crippen molar-refractivity contribution < 1.29 is 9.72 Å². The lowest BCUT2D eigenvalue weighted by atomic mass is 10.0. The Balaban J connectivity index is 2.12. The molecule has 1 heterocycles. The number of carbonyl (C=O) groups excluding carboxylic acids is 1. The Bertz CT molecular complexity index is 796. The molecule has 126 valence electrons. The average molecular weight is 329 g/mol.